The van der Waals surface area contributed by atoms with Gasteiger partial charge in [-0.3, -0.25) is 9.59 Å². The van der Waals surface area contributed by atoms with Crippen LogP contribution in [0.15, 0.2) is 30.3 Å². The Balaban J connectivity index is 1.98. The molecule has 2 rings (SSSR count). The SMILES string of the molecule is COCC(C)(C)CC(=O)NC[C@@H]1CC(=O)N(C)[C@H]1c1ccccc1. The van der Waals surface area contributed by atoms with Crippen molar-refractivity contribution in [3.8, 4) is 0 Å². The number of hydrogen-bond donors (Lipinski definition) is 1. The number of nitrogens with zero attached hydrogens (tertiary/aromatic N) is 1. The number of benzene rings is 1. The van der Waals surface area contributed by atoms with Crippen LogP contribution in [0.2, 0.25) is 0 Å². The molecular formula is C19H28N2O3. The molecule has 0 radical (unpaired) electrons. The standard InChI is InChI=1S/C19H28N2O3/c1-19(2,13-24-4)11-16(22)20-12-15-10-17(23)21(3)18(15)14-8-6-5-7-9-14/h5-9,15,18H,10-13H2,1-4H3,(H,20,22)/t15-,18-/m0/s1. The Labute approximate surface area is 144 Å². The first-order chi connectivity index (χ1) is 11.3. The highest BCUT2D eigenvalue weighted by molar-refractivity contribution is 5.80. The number of methoxy groups -OCH3 is 1. The van der Waals surface area contributed by atoms with Crippen LogP contribution in [0, 0.1) is 11.3 Å². The van der Waals surface area contributed by atoms with E-state index in [1.807, 2.05) is 51.2 Å². The first kappa shape index (κ1) is 18.5. The molecule has 24 heavy (non-hydrogen) atoms. The molecule has 0 spiro atoms. The predicted octanol–water partition coefficient (Wildman–Crippen LogP) is 2.38. The van der Waals surface area contributed by atoms with Crippen molar-refractivity contribution in [3.05, 3.63) is 35.9 Å². The second-order valence-electron chi connectivity index (χ2n) is 7.40. The van der Waals surface area contributed by atoms with E-state index >= 15 is 0 Å². The van der Waals surface area contributed by atoms with E-state index in [-0.39, 0.29) is 29.2 Å². The van der Waals surface area contributed by atoms with Gasteiger partial charge in [0.2, 0.25) is 11.8 Å². The van der Waals surface area contributed by atoms with Gasteiger partial charge in [0, 0.05) is 39.5 Å². The molecule has 1 saturated heterocycles. The summed E-state index contributed by atoms with van der Waals surface area (Å²) in [7, 11) is 3.48. The number of nitrogens with one attached hydrogen (secondary N) is 1. The van der Waals surface area contributed by atoms with Crippen molar-refractivity contribution >= 4 is 11.8 Å². The van der Waals surface area contributed by atoms with Crippen LogP contribution in [-0.2, 0) is 14.3 Å². The molecule has 1 heterocycles. The van der Waals surface area contributed by atoms with Crippen LogP contribution >= 0.6 is 0 Å². The van der Waals surface area contributed by atoms with Gasteiger partial charge in [0.15, 0.2) is 0 Å². The summed E-state index contributed by atoms with van der Waals surface area (Å²) in [5, 5.41) is 3.01. The lowest BCUT2D eigenvalue weighted by Crippen LogP contribution is -2.35. The van der Waals surface area contributed by atoms with E-state index in [0.29, 0.717) is 26.0 Å². The Morgan fingerprint density at radius 3 is 2.62 bits per heavy atom. The third-order valence-corrected chi connectivity index (χ3v) is 4.57. The van der Waals surface area contributed by atoms with Crippen molar-refractivity contribution in [2.24, 2.45) is 11.3 Å². The lowest BCUT2D eigenvalue weighted by molar-refractivity contribution is -0.127. The highest BCUT2D eigenvalue weighted by Gasteiger charge is 2.38. The number of carbonyl (C=O) groups excluding carboxylic acids is 2. The first-order valence-corrected chi connectivity index (χ1v) is 8.40. The van der Waals surface area contributed by atoms with Gasteiger partial charge in [0.25, 0.3) is 0 Å². The van der Waals surface area contributed by atoms with Gasteiger partial charge in [-0.05, 0) is 11.0 Å². The number of likely N-dealkylation sites (tertiary alicyclic amines) is 1. The zero-order chi connectivity index (χ0) is 17.7. The largest absolute Gasteiger partial charge is 0.384 e. The van der Waals surface area contributed by atoms with E-state index in [9.17, 15) is 9.59 Å². The molecule has 1 aliphatic heterocycles. The maximum absolute atomic E-state index is 12.2. The summed E-state index contributed by atoms with van der Waals surface area (Å²) in [6, 6.07) is 10.0. The fraction of sp³-hybridized carbons (Fsp3) is 0.579. The van der Waals surface area contributed by atoms with Gasteiger partial charge >= 0.3 is 0 Å². The van der Waals surface area contributed by atoms with Crippen molar-refractivity contribution in [2.75, 3.05) is 27.3 Å². The average Bonchev–Trinajstić information content (AvgIpc) is 2.80. The number of amides is 2. The third kappa shape index (κ3) is 4.57. The van der Waals surface area contributed by atoms with E-state index in [2.05, 4.69) is 5.32 Å². The summed E-state index contributed by atoms with van der Waals surface area (Å²) in [5.74, 6) is 0.230. The number of rotatable bonds is 7. The second kappa shape index (κ2) is 7.79. The maximum atomic E-state index is 12.2. The quantitative estimate of drug-likeness (QED) is 0.834. The minimum Gasteiger partial charge on any atom is -0.384 e. The molecule has 1 aliphatic rings. The van der Waals surface area contributed by atoms with Gasteiger partial charge in [-0.15, -0.1) is 0 Å². The lowest BCUT2D eigenvalue weighted by atomic mass is 9.89. The molecule has 1 fully saturated rings. The molecule has 132 valence electrons. The summed E-state index contributed by atoms with van der Waals surface area (Å²) < 4.78 is 5.16. The molecule has 0 aromatic heterocycles. The smallest absolute Gasteiger partial charge is 0.223 e. The van der Waals surface area contributed by atoms with Crippen molar-refractivity contribution < 1.29 is 14.3 Å². The molecule has 5 heteroatoms. The predicted molar refractivity (Wildman–Crippen MR) is 93.3 cm³/mol. The molecule has 1 aromatic rings. The topological polar surface area (TPSA) is 58.6 Å². The van der Waals surface area contributed by atoms with E-state index in [4.69, 9.17) is 4.74 Å². The summed E-state index contributed by atoms with van der Waals surface area (Å²) >= 11 is 0. The second-order valence-corrected chi connectivity index (χ2v) is 7.40. The van der Waals surface area contributed by atoms with Crippen LogP contribution in [0.25, 0.3) is 0 Å². The van der Waals surface area contributed by atoms with Crippen molar-refractivity contribution in [1.29, 1.82) is 0 Å². The molecule has 2 amide bonds. The normalized spacial score (nSPS) is 21.2. The van der Waals surface area contributed by atoms with Crippen LogP contribution in [0.5, 0.6) is 0 Å². The summed E-state index contributed by atoms with van der Waals surface area (Å²) in [6.45, 7) is 5.07. The van der Waals surface area contributed by atoms with Crippen molar-refractivity contribution in [3.63, 3.8) is 0 Å². The first-order valence-electron chi connectivity index (χ1n) is 8.40. The number of ether oxygens (including phenoxy) is 1. The molecule has 0 bridgehead atoms. The van der Waals surface area contributed by atoms with Gasteiger partial charge in [-0.1, -0.05) is 44.2 Å². The van der Waals surface area contributed by atoms with Gasteiger partial charge < -0.3 is 15.0 Å². The van der Waals surface area contributed by atoms with E-state index in [1.54, 1.807) is 12.0 Å². The minimum absolute atomic E-state index is 0.00543. The van der Waals surface area contributed by atoms with Crippen LogP contribution in [0.3, 0.4) is 0 Å². The monoisotopic (exact) mass is 332 g/mol. The van der Waals surface area contributed by atoms with Gasteiger partial charge in [-0.25, -0.2) is 0 Å². The van der Waals surface area contributed by atoms with Crippen LogP contribution < -0.4 is 5.32 Å². The highest BCUT2D eigenvalue weighted by Crippen LogP contribution is 2.36. The summed E-state index contributed by atoms with van der Waals surface area (Å²) in [6.07, 6.45) is 0.880. The molecule has 5 nitrogen and oxygen atoms in total. The average molecular weight is 332 g/mol. The summed E-state index contributed by atoms with van der Waals surface area (Å²) in [4.78, 5) is 26.1. The molecule has 0 aliphatic carbocycles. The molecular weight excluding hydrogens is 304 g/mol. The van der Waals surface area contributed by atoms with Crippen LogP contribution in [-0.4, -0.2) is 44.0 Å². The highest BCUT2D eigenvalue weighted by atomic mass is 16.5. The Morgan fingerprint density at radius 1 is 1.33 bits per heavy atom. The lowest BCUT2D eigenvalue weighted by Gasteiger charge is -2.26. The zero-order valence-corrected chi connectivity index (χ0v) is 15.0. The minimum atomic E-state index is -0.194. The molecule has 1 N–H and O–H groups in total. The summed E-state index contributed by atoms with van der Waals surface area (Å²) in [5.41, 5.74) is 0.921. The van der Waals surface area contributed by atoms with Crippen molar-refractivity contribution in [2.45, 2.75) is 32.7 Å². The Morgan fingerprint density at radius 2 is 2.00 bits per heavy atom. The Hall–Kier alpha value is -1.88. The van der Waals surface area contributed by atoms with E-state index < -0.39 is 0 Å². The fourth-order valence-corrected chi connectivity index (χ4v) is 3.46. The molecule has 1 aromatic carbocycles. The molecule has 0 unspecified atom stereocenters. The van der Waals surface area contributed by atoms with E-state index in [0.717, 1.165) is 5.56 Å². The number of hydrogen-bond acceptors (Lipinski definition) is 3. The van der Waals surface area contributed by atoms with Gasteiger partial charge in [0.1, 0.15) is 0 Å². The van der Waals surface area contributed by atoms with Crippen molar-refractivity contribution in [1.82, 2.24) is 10.2 Å². The molecule has 2 atom stereocenters. The van der Waals surface area contributed by atoms with E-state index in [1.165, 1.54) is 0 Å². The maximum Gasteiger partial charge on any atom is 0.223 e. The molecule has 0 saturated carbocycles. The fourth-order valence-electron chi connectivity index (χ4n) is 3.46. The van der Waals surface area contributed by atoms with Gasteiger partial charge in [-0.2, -0.15) is 0 Å². The Bertz CT molecular complexity index is 571. The number of carbonyl (C=O) groups is 2. The van der Waals surface area contributed by atoms with Crippen LogP contribution in [0.1, 0.15) is 38.3 Å². The van der Waals surface area contributed by atoms with Crippen LogP contribution in [0.4, 0.5) is 0 Å². The van der Waals surface area contributed by atoms with Gasteiger partial charge in [0.05, 0.1) is 12.6 Å². The Kier molecular flexibility index (Phi) is 5.99. The third-order valence-electron chi connectivity index (χ3n) is 4.57. The zero-order valence-electron chi connectivity index (χ0n) is 15.0.